The summed E-state index contributed by atoms with van der Waals surface area (Å²) in [4.78, 5) is 18.3. The van der Waals surface area contributed by atoms with Crippen molar-refractivity contribution in [1.29, 1.82) is 0 Å². The number of amides is 1. The lowest BCUT2D eigenvalue weighted by atomic mass is 9.93. The maximum Gasteiger partial charge on any atom is 0.220 e. The molecule has 164 valence electrons. The standard InChI is InChI=1S/C20H35N7O.HI/c1-21-19(28)15-16-9-13-26(14-10-16)20(22-2)23-11-6-8-18-25-24-17-7-4-3-5-12-27(17)18;/h16H,3-15H2,1-2H3,(H,21,28)(H,22,23);1H. The van der Waals surface area contributed by atoms with Gasteiger partial charge in [-0.2, -0.15) is 0 Å². The largest absolute Gasteiger partial charge is 0.359 e. The summed E-state index contributed by atoms with van der Waals surface area (Å²) < 4.78 is 2.33. The summed E-state index contributed by atoms with van der Waals surface area (Å²) in [5.41, 5.74) is 0. The van der Waals surface area contributed by atoms with Crippen molar-refractivity contribution >= 4 is 35.8 Å². The van der Waals surface area contributed by atoms with E-state index in [9.17, 15) is 4.79 Å². The third-order valence-corrected chi connectivity index (χ3v) is 5.93. The number of fused-ring (bicyclic) bond motifs is 1. The molecule has 0 saturated carbocycles. The minimum absolute atomic E-state index is 0. The number of nitrogens with zero attached hydrogens (tertiary/aromatic N) is 5. The van der Waals surface area contributed by atoms with Gasteiger partial charge in [0.05, 0.1) is 0 Å². The molecule has 29 heavy (non-hydrogen) atoms. The number of hydrogen-bond donors (Lipinski definition) is 2. The predicted molar refractivity (Wildman–Crippen MR) is 126 cm³/mol. The molecular weight excluding hydrogens is 481 g/mol. The highest BCUT2D eigenvalue weighted by molar-refractivity contribution is 14.0. The van der Waals surface area contributed by atoms with Crippen molar-refractivity contribution in [3.63, 3.8) is 0 Å². The Morgan fingerprint density at radius 1 is 1.17 bits per heavy atom. The van der Waals surface area contributed by atoms with Gasteiger partial charge in [0.1, 0.15) is 11.6 Å². The first-order chi connectivity index (χ1) is 13.7. The summed E-state index contributed by atoms with van der Waals surface area (Å²) in [6.07, 6.45) is 9.51. The second kappa shape index (κ2) is 12.3. The summed E-state index contributed by atoms with van der Waals surface area (Å²) in [7, 11) is 3.55. The van der Waals surface area contributed by atoms with Crippen LogP contribution < -0.4 is 10.6 Å². The molecule has 1 saturated heterocycles. The summed E-state index contributed by atoms with van der Waals surface area (Å²) in [6.45, 7) is 3.86. The van der Waals surface area contributed by atoms with Crippen molar-refractivity contribution in [1.82, 2.24) is 30.3 Å². The Balaban J connectivity index is 0.00000300. The van der Waals surface area contributed by atoms with Gasteiger partial charge in [-0.1, -0.05) is 6.42 Å². The van der Waals surface area contributed by atoms with Crippen molar-refractivity contribution in [2.45, 2.75) is 64.3 Å². The van der Waals surface area contributed by atoms with Crippen LogP contribution in [0.5, 0.6) is 0 Å². The number of rotatable bonds is 6. The van der Waals surface area contributed by atoms with Crippen LogP contribution in [0.2, 0.25) is 0 Å². The molecule has 0 atom stereocenters. The Morgan fingerprint density at radius 3 is 2.69 bits per heavy atom. The first-order valence-electron chi connectivity index (χ1n) is 10.8. The number of carbonyl (C=O) groups is 1. The number of aromatic nitrogens is 3. The van der Waals surface area contributed by atoms with E-state index in [0.717, 1.165) is 75.9 Å². The summed E-state index contributed by atoms with van der Waals surface area (Å²) in [6, 6.07) is 0. The van der Waals surface area contributed by atoms with E-state index in [1.807, 2.05) is 7.05 Å². The van der Waals surface area contributed by atoms with Crippen LogP contribution in [0.1, 0.15) is 56.6 Å². The molecule has 2 aliphatic rings. The molecule has 9 heteroatoms. The molecule has 3 heterocycles. The van der Waals surface area contributed by atoms with Crippen LogP contribution in [-0.2, 0) is 24.2 Å². The Labute approximate surface area is 191 Å². The molecule has 1 aromatic heterocycles. The van der Waals surface area contributed by atoms with E-state index in [-0.39, 0.29) is 29.9 Å². The SMILES string of the molecule is CN=C(NCCCc1nnc2n1CCCCC2)N1CCC(CC(=O)NC)CC1.I. The lowest BCUT2D eigenvalue weighted by molar-refractivity contribution is -0.121. The molecule has 0 aromatic carbocycles. The molecule has 0 radical (unpaired) electrons. The van der Waals surface area contributed by atoms with Crippen molar-refractivity contribution in [2.75, 3.05) is 33.7 Å². The Kier molecular flexibility index (Phi) is 10.2. The second-order valence-corrected chi connectivity index (χ2v) is 7.88. The molecule has 2 N–H and O–H groups in total. The number of guanidine groups is 1. The maximum absolute atomic E-state index is 11.6. The van der Waals surface area contributed by atoms with E-state index in [0.29, 0.717) is 12.3 Å². The summed E-state index contributed by atoms with van der Waals surface area (Å²) in [5.74, 6) is 3.89. The van der Waals surface area contributed by atoms with E-state index in [4.69, 9.17) is 0 Å². The van der Waals surface area contributed by atoms with E-state index >= 15 is 0 Å². The highest BCUT2D eigenvalue weighted by Crippen LogP contribution is 2.20. The third kappa shape index (κ3) is 6.82. The molecule has 1 aromatic rings. The predicted octanol–water partition coefficient (Wildman–Crippen LogP) is 1.98. The van der Waals surface area contributed by atoms with Crippen LogP contribution in [0.4, 0.5) is 0 Å². The van der Waals surface area contributed by atoms with Crippen LogP contribution in [0.15, 0.2) is 4.99 Å². The lowest BCUT2D eigenvalue weighted by Crippen LogP contribution is -2.46. The van der Waals surface area contributed by atoms with Gasteiger partial charge in [-0.3, -0.25) is 9.79 Å². The number of halogens is 1. The van der Waals surface area contributed by atoms with Crippen LogP contribution in [0.3, 0.4) is 0 Å². The lowest BCUT2D eigenvalue weighted by Gasteiger charge is -2.34. The number of carbonyl (C=O) groups excluding carboxylic acids is 1. The Morgan fingerprint density at radius 2 is 1.97 bits per heavy atom. The van der Waals surface area contributed by atoms with Gasteiger partial charge in [0.15, 0.2) is 5.96 Å². The summed E-state index contributed by atoms with van der Waals surface area (Å²) >= 11 is 0. The molecule has 0 aliphatic carbocycles. The van der Waals surface area contributed by atoms with Gasteiger partial charge in [0, 0.05) is 59.5 Å². The van der Waals surface area contributed by atoms with Crippen molar-refractivity contribution in [2.24, 2.45) is 10.9 Å². The van der Waals surface area contributed by atoms with Crippen molar-refractivity contribution in [3.05, 3.63) is 11.6 Å². The average molecular weight is 517 g/mol. The number of likely N-dealkylation sites (tertiary alicyclic amines) is 1. The van der Waals surface area contributed by atoms with Crippen LogP contribution in [0.25, 0.3) is 0 Å². The number of aryl methyl sites for hydroxylation is 2. The number of nitrogens with one attached hydrogen (secondary N) is 2. The normalized spacial score (nSPS) is 17.9. The molecule has 1 amide bonds. The fraction of sp³-hybridized carbons (Fsp3) is 0.800. The molecular formula is C20H36IN7O. The van der Waals surface area contributed by atoms with E-state index < -0.39 is 0 Å². The number of hydrogen-bond acceptors (Lipinski definition) is 4. The first kappa shape index (κ1) is 23.9. The minimum Gasteiger partial charge on any atom is -0.359 e. The first-order valence-corrected chi connectivity index (χ1v) is 10.8. The van der Waals surface area contributed by atoms with Gasteiger partial charge >= 0.3 is 0 Å². The van der Waals surface area contributed by atoms with Gasteiger partial charge in [-0.15, -0.1) is 34.2 Å². The molecule has 8 nitrogen and oxygen atoms in total. The van der Waals surface area contributed by atoms with E-state index in [1.54, 1.807) is 7.05 Å². The second-order valence-electron chi connectivity index (χ2n) is 7.88. The topological polar surface area (TPSA) is 87.4 Å². The fourth-order valence-corrected chi connectivity index (χ4v) is 4.22. The molecule has 3 rings (SSSR count). The van der Waals surface area contributed by atoms with Crippen molar-refractivity contribution < 1.29 is 4.79 Å². The van der Waals surface area contributed by atoms with Gasteiger partial charge in [-0.05, 0) is 38.0 Å². The zero-order chi connectivity index (χ0) is 19.8. The van der Waals surface area contributed by atoms with Crippen LogP contribution in [0, 0.1) is 5.92 Å². The molecule has 0 unspecified atom stereocenters. The third-order valence-electron chi connectivity index (χ3n) is 5.93. The summed E-state index contributed by atoms with van der Waals surface area (Å²) in [5, 5.41) is 15.0. The molecule has 0 bridgehead atoms. The van der Waals surface area contributed by atoms with Gasteiger partial charge in [-0.25, -0.2) is 0 Å². The quantitative estimate of drug-likeness (QED) is 0.261. The highest BCUT2D eigenvalue weighted by Gasteiger charge is 2.23. The fourth-order valence-electron chi connectivity index (χ4n) is 4.22. The monoisotopic (exact) mass is 517 g/mol. The van der Waals surface area contributed by atoms with E-state index in [1.165, 1.54) is 19.3 Å². The zero-order valence-corrected chi connectivity index (χ0v) is 20.2. The molecule has 1 fully saturated rings. The molecule has 2 aliphatic heterocycles. The van der Waals surface area contributed by atoms with Crippen LogP contribution in [-0.4, -0.2) is 65.3 Å². The van der Waals surface area contributed by atoms with Crippen LogP contribution >= 0.6 is 24.0 Å². The van der Waals surface area contributed by atoms with E-state index in [2.05, 4.69) is 35.3 Å². The molecule has 0 spiro atoms. The van der Waals surface area contributed by atoms with Gasteiger partial charge < -0.3 is 20.1 Å². The Hall–Kier alpha value is -1.39. The minimum atomic E-state index is 0. The van der Waals surface area contributed by atoms with Gasteiger partial charge in [0.2, 0.25) is 5.91 Å². The zero-order valence-electron chi connectivity index (χ0n) is 17.8. The maximum atomic E-state index is 11.6. The highest BCUT2D eigenvalue weighted by atomic mass is 127. The smallest absolute Gasteiger partial charge is 0.220 e. The average Bonchev–Trinajstić information content (AvgIpc) is 2.95. The van der Waals surface area contributed by atoms with Crippen molar-refractivity contribution in [3.8, 4) is 0 Å². The Bertz CT molecular complexity index is 668. The number of piperidine rings is 1. The number of aliphatic imine (C=N–C) groups is 1. The van der Waals surface area contributed by atoms with Gasteiger partial charge in [0.25, 0.3) is 0 Å².